The molecule has 28 heavy (non-hydrogen) atoms. The summed E-state index contributed by atoms with van der Waals surface area (Å²) in [6, 6.07) is 11.8. The topological polar surface area (TPSA) is 84.5 Å². The van der Waals surface area contributed by atoms with Crippen LogP contribution in [0.3, 0.4) is 0 Å². The molecule has 1 amide bonds. The van der Waals surface area contributed by atoms with Crippen LogP contribution in [0, 0.1) is 13.8 Å². The van der Waals surface area contributed by atoms with Crippen molar-refractivity contribution in [3.63, 3.8) is 0 Å². The molecule has 2 N–H and O–H groups in total. The van der Waals surface area contributed by atoms with Gasteiger partial charge >= 0.3 is 0 Å². The maximum atomic E-state index is 12.9. The van der Waals surface area contributed by atoms with Crippen LogP contribution in [0.1, 0.15) is 41.8 Å². The zero-order valence-corrected chi connectivity index (χ0v) is 17.6. The fraction of sp³-hybridized carbons (Fsp3) is 0.381. The molecule has 0 aliphatic heterocycles. The van der Waals surface area contributed by atoms with Crippen molar-refractivity contribution in [1.82, 2.24) is 5.32 Å². The van der Waals surface area contributed by atoms with Gasteiger partial charge in [0.05, 0.1) is 16.7 Å². The Labute approximate surface area is 167 Å². The number of amides is 1. The standard InChI is InChI=1S/C21H28N2O4S/c1-15(2)27-13-7-12-22-21(24)18-11-10-17(4)20(14-18)28(25,26)23-19-9-6-5-8-16(19)3/h5-6,8-11,14-15,23H,7,12-13H2,1-4H3,(H,22,24). The van der Waals surface area contributed by atoms with Gasteiger partial charge in [-0.2, -0.15) is 0 Å². The number of para-hydroxylation sites is 1. The van der Waals surface area contributed by atoms with Gasteiger partial charge < -0.3 is 10.1 Å². The summed E-state index contributed by atoms with van der Waals surface area (Å²) in [4.78, 5) is 12.5. The minimum atomic E-state index is -3.81. The third kappa shape index (κ3) is 6.07. The molecule has 152 valence electrons. The number of hydrogen-bond acceptors (Lipinski definition) is 4. The Morgan fingerprint density at radius 1 is 1.07 bits per heavy atom. The van der Waals surface area contributed by atoms with Crippen molar-refractivity contribution < 1.29 is 17.9 Å². The number of carbonyl (C=O) groups excluding carboxylic acids is 1. The van der Waals surface area contributed by atoms with Gasteiger partial charge in [-0.1, -0.05) is 24.3 Å². The molecule has 2 aromatic carbocycles. The number of carbonyl (C=O) groups is 1. The molecular weight excluding hydrogens is 376 g/mol. The van der Waals surface area contributed by atoms with Crippen LogP contribution in [0.25, 0.3) is 0 Å². The summed E-state index contributed by atoms with van der Waals surface area (Å²) in [6.07, 6.45) is 0.844. The van der Waals surface area contributed by atoms with Crippen molar-refractivity contribution in [3.05, 3.63) is 59.2 Å². The summed E-state index contributed by atoms with van der Waals surface area (Å²) < 4.78 is 33.7. The fourth-order valence-electron chi connectivity index (χ4n) is 2.61. The molecule has 0 spiro atoms. The number of benzene rings is 2. The van der Waals surface area contributed by atoms with Crippen LogP contribution < -0.4 is 10.0 Å². The molecule has 0 radical (unpaired) electrons. The molecule has 0 saturated heterocycles. The highest BCUT2D eigenvalue weighted by Gasteiger charge is 2.20. The van der Waals surface area contributed by atoms with Gasteiger partial charge in [-0.25, -0.2) is 8.42 Å². The number of sulfonamides is 1. The molecule has 0 heterocycles. The lowest BCUT2D eigenvalue weighted by Crippen LogP contribution is -2.26. The smallest absolute Gasteiger partial charge is 0.262 e. The predicted molar refractivity (Wildman–Crippen MR) is 111 cm³/mol. The van der Waals surface area contributed by atoms with Crippen LogP contribution in [0.15, 0.2) is 47.4 Å². The largest absolute Gasteiger partial charge is 0.379 e. The van der Waals surface area contributed by atoms with Gasteiger partial charge in [0.25, 0.3) is 15.9 Å². The summed E-state index contributed by atoms with van der Waals surface area (Å²) in [7, 11) is -3.81. The van der Waals surface area contributed by atoms with E-state index in [-0.39, 0.29) is 16.9 Å². The fourth-order valence-corrected chi connectivity index (χ4v) is 4.02. The van der Waals surface area contributed by atoms with Crippen molar-refractivity contribution in [2.24, 2.45) is 0 Å². The Hall–Kier alpha value is -2.38. The lowest BCUT2D eigenvalue weighted by Gasteiger charge is -2.13. The normalized spacial score (nSPS) is 11.5. The first-order valence-corrected chi connectivity index (χ1v) is 10.8. The van der Waals surface area contributed by atoms with E-state index in [0.29, 0.717) is 36.4 Å². The van der Waals surface area contributed by atoms with Crippen molar-refractivity contribution in [1.29, 1.82) is 0 Å². The molecule has 2 aromatic rings. The summed E-state index contributed by atoms with van der Waals surface area (Å²) in [5.74, 6) is -0.308. The first-order chi connectivity index (χ1) is 13.2. The molecule has 0 aliphatic carbocycles. The van der Waals surface area contributed by atoms with Gasteiger partial charge in [0.1, 0.15) is 0 Å². The first kappa shape index (κ1) is 21.9. The molecule has 0 fully saturated rings. The van der Waals surface area contributed by atoms with E-state index in [1.807, 2.05) is 32.9 Å². The maximum absolute atomic E-state index is 12.9. The Morgan fingerprint density at radius 2 is 1.79 bits per heavy atom. The average Bonchev–Trinajstić information content (AvgIpc) is 2.63. The molecule has 0 aromatic heterocycles. The lowest BCUT2D eigenvalue weighted by atomic mass is 10.1. The van der Waals surface area contributed by atoms with Gasteiger partial charge in [0, 0.05) is 18.7 Å². The van der Waals surface area contributed by atoms with Crippen molar-refractivity contribution in [2.75, 3.05) is 17.9 Å². The third-order valence-electron chi connectivity index (χ3n) is 4.19. The lowest BCUT2D eigenvalue weighted by molar-refractivity contribution is 0.0757. The van der Waals surface area contributed by atoms with E-state index < -0.39 is 10.0 Å². The van der Waals surface area contributed by atoms with E-state index in [2.05, 4.69) is 10.0 Å². The van der Waals surface area contributed by atoms with Crippen molar-refractivity contribution >= 4 is 21.6 Å². The van der Waals surface area contributed by atoms with Crippen LogP contribution in [-0.4, -0.2) is 33.6 Å². The van der Waals surface area contributed by atoms with Gasteiger partial charge in [0.2, 0.25) is 0 Å². The number of hydrogen-bond donors (Lipinski definition) is 2. The molecule has 0 aliphatic rings. The van der Waals surface area contributed by atoms with Gasteiger partial charge in [-0.15, -0.1) is 0 Å². The predicted octanol–water partition coefficient (Wildman–Crippen LogP) is 3.65. The molecule has 0 bridgehead atoms. The second-order valence-electron chi connectivity index (χ2n) is 6.93. The second-order valence-corrected chi connectivity index (χ2v) is 8.58. The van der Waals surface area contributed by atoms with E-state index in [4.69, 9.17) is 4.74 Å². The summed E-state index contributed by atoms with van der Waals surface area (Å²) in [5, 5.41) is 2.80. The summed E-state index contributed by atoms with van der Waals surface area (Å²) >= 11 is 0. The van der Waals surface area contributed by atoms with Crippen LogP contribution in [-0.2, 0) is 14.8 Å². The van der Waals surface area contributed by atoms with Crippen LogP contribution in [0.2, 0.25) is 0 Å². The molecule has 0 saturated carbocycles. The molecule has 6 nitrogen and oxygen atoms in total. The minimum absolute atomic E-state index is 0.0894. The molecular formula is C21H28N2O4S. The number of ether oxygens (including phenoxy) is 1. The second kappa shape index (κ2) is 9.71. The molecule has 2 rings (SSSR count). The highest BCUT2D eigenvalue weighted by atomic mass is 32.2. The molecule has 0 atom stereocenters. The van der Waals surface area contributed by atoms with E-state index in [0.717, 1.165) is 5.56 Å². The molecule has 0 unspecified atom stereocenters. The van der Waals surface area contributed by atoms with Crippen LogP contribution in [0.4, 0.5) is 5.69 Å². The Kier molecular flexibility index (Phi) is 7.60. The van der Waals surface area contributed by atoms with Gasteiger partial charge in [-0.05, 0) is 63.4 Å². The zero-order valence-electron chi connectivity index (χ0n) is 16.8. The highest BCUT2D eigenvalue weighted by Crippen LogP contribution is 2.22. The average molecular weight is 405 g/mol. The van der Waals surface area contributed by atoms with Crippen LogP contribution in [0.5, 0.6) is 0 Å². The van der Waals surface area contributed by atoms with E-state index in [9.17, 15) is 13.2 Å². The Bertz CT molecular complexity index is 924. The SMILES string of the molecule is Cc1ccccc1NS(=O)(=O)c1cc(C(=O)NCCCOC(C)C)ccc1C. The highest BCUT2D eigenvalue weighted by molar-refractivity contribution is 7.92. The monoisotopic (exact) mass is 404 g/mol. The van der Waals surface area contributed by atoms with Crippen molar-refractivity contribution in [3.8, 4) is 0 Å². The zero-order chi connectivity index (χ0) is 20.7. The summed E-state index contributed by atoms with van der Waals surface area (Å²) in [6.45, 7) is 8.47. The molecule has 7 heteroatoms. The first-order valence-electron chi connectivity index (χ1n) is 9.29. The number of anilines is 1. The summed E-state index contributed by atoms with van der Waals surface area (Å²) in [5.41, 5.74) is 2.21. The maximum Gasteiger partial charge on any atom is 0.262 e. The van der Waals surface area contributed by atoms with Crippen LogP contribution >= 0.6 is 0 Å². The number of rotatable bonds is 9. The van der Waals surface area contributed by atoms with Crippen molar-refractivity contribution in [2.45, 2.75) is 45.1 Å². The van der Waals surface area contributed by atoms with E-state index >= 15 is 0 Å². The Balaban J connectivity index is 2.11. The van der Waals surface area contributed by atoms with Gasteiger partial charge in [0.15, 0.2) is 0 Å². The quantitative estimate of drug-likeness (QED) is 0.625. The van der Waals surface area contributed by atoms with Gasteiger partial charge in [-0.3, -0.25) is 9.52 Å². The number of nitrogens with one attached hydrogen (secondary N) is 2. The number of aryl methyl sites for hydroxylation is 2. The minimum Gasteiger partial charge on any atom is -0.379 e. The van der Waals surface area contributed by atoms with E-state index in [1.54, 1.807) is 31.2 Å². The third-order valence-corrected chi connectivity index (χ3v) is 5.69. The van der Waals surface area contributed by atoms with E-state index in [1.165, 1.54) is 6.07 Å². The Morgan fingerprint density at radius 3 is 2.46 bits per heavy atom.